The summed E-state index contributed by atoms with van der Waals surface area (Å²) >= 11 is 0. The first kappa shape index (κ1) is 21.5. The Labute approximate surface area is 194 Å². The van der Waals surface area contributed by atoms with Gasteiger partial charge < -0.3 is 10.2 Å². The Balaban J connectivity index is 1.28. The Hall–Kier alpha value is -3.39. The molecule has 1 fully saturated rings. The Morgan fingerprint density at radius 3 is 2.73 bits per heavy atom. The Morgan fingerprint density at radius 2 is 1.85 bits per heavy atom. The van der Waals surface area contributed by atoms with Crippen LogP contribution in [0.2, 0.25) is 0 Å². The maximum atomic E-state index is 4.76. The van der Waals surface area contributed by atoms with Crippen molar-refractivity contribution in [3.8, 4) is 11.1 Å². The quantitative estimate of drug-likeness (QED) is 0.409. The lowest BCUT2D eigenvalue weighted by Crippen LogP contribution is -2.21. The van der Waals surface area contributed by atoms with Gasteiger partial charge in [-0.3, -0.25) is 9.67 Å². The molecule has 0 saturated carbocycles. The van der Waals surface area contributed by atoms with Crippen LogP contribution in [0, 0.1) is 0 Å². The van der Waals surface area contributed by atoms with Gasteiger partial charge in [0.1, 0.15) is 5.82 Å². The van der Waals surface area contributed by atoms with Crippen LogP contribution in [-0.2, 0) is 13.0 Å². The molecule has 1 aliphatic heterocycles. The SMILES string of the molecule is CCCc1cnnc(Nc2ccc3ncc(-c4cnn(CCCN5CCCC5)c4)cc3n2)c1. The van der Waals surface area contributed by atoms with Gasteiger partial charge in [-0.2, -0.15) is 10.2 Å². The second-order valence-electron chi connectivity index (χ2n) is 8.68. The number of pyridine rings is 2. The molecule has 1 saturated heterocycles. The van der Waals surface area contributed by atoms with Crippen LogP contribution in [0.5, 0.6) is 0 Å². The third-order valence-electron chi connectivity index (χ3n) is 6.07. The van der Waals surface area contributed by atoms with Gasteiger partial charge in [0.25, 0.3) is 0 Å². The van der Waals surface area contributed by atoms with E-state index in [2.05, 4.69) is 49.7 Å². The van der Waals surface area contributed by atoms with Crippen molar-refractivity contribution >= 4 is 22.7 Å². The lowest BCUT2D eigenvalue weighted by Gasteiger charge is -2.13. The van der Waals surface area contributed by atoms with E-state index in [1.165, 1.54) is 25.9 Å². The summed E-state index contributed by atoms with van der Waals surface area (Å²) < 4.78 is 2.03. The highest BCUT2D eigenvalue weighted by Crippen LogP contribution is 2.23. The highest BCUT2D eigenvalue weighted by atomic mass is 15.3. The van der Waals surface area contributed by atoms with E-state index in [1.807, 2.05) is 41.5 Å². The largest absolute Gasteiger partial charge is 0.323 e. The zero-order valence-corrected chi connectivity index (χ0v) is 19.1. The summed E-state index contributed by atoms with van der Waals surface area (Å²) in [6.07, 6.45) is 13.6. The first-order valence-electron chi connectivity index (χ1n) is 11.9. The number of aromatic nitrogens is 6. The molecule has 0 unspecified atom stereocenters. The van der Waals surface area contributed by atoms with Crippen molar-refractivity contribution in [1.82, 2.24) is 34.8 Å². The van der Waals surface area contributed by atoms with Crippen LogP contribution in [0.1, 0.15) is 38.2 Å². The minimum absolute atomic E-state index is 0.701. The van der Waals surface area contributed by atoms with Gasteiger partial charge >= 0.3 is 0 Å². The molecule has 0 aromatic carbocycles. The highest BCUT2D eigenvalue weighted by Gasteiger charge is 2.11. The summed E-state index contributed by atoms with van der Waals surface area (Å²) in [6.45, 7) is 6.73. The fourth-order valence-electron chi connectivity index (χ4n) is 4.36. The number of nitrogens with one attached hydrogen (secondary N) is 1. The number of anilines is 2. The zero-order chi connectivity index (χ0) is 22.5. The van der Waals surface area contributed by atoms with Crippen LogP contribution >= 0.6 is 0 Å². The monoisotopic (exact) mass is 442 g/mol. The molecule has 33 heavy (non-hydrogen) atoms. The summed E-state index contributed by atoms with van der Waals surface area (Å²) in [5, 5.41) is 16.1. The van der Waals surface area contributed by atoms with Crippen molar-refractivity contribution < 1.29 is 0 Å². The first-order chi connectivity index (χ1) is 16.3. The average molecular weight is 443 g/mol. The van der Waals surface area contributed by atoms with Gasteiger partial charge in [0.05, 0.1) is 23.4 Å². The Morgan fingerprint density at radius 1 is 0.939 bits per heavy atom. The van der Waals surface area contributed by atoms with E-state index in [4.69, 9.17) is 4.98 Å². The average Bonchev–Trinajstić information content (AvgIpc) is 3.52. The molecule has 1 N–H and O–H groups in total. The van der Waals surface area contributed by atoms with Crippen molar-refractivity contribution in [3.05, 3.63) is 54.6 Å². The molecule has 5 rings (SSSR count). The molecule has 4 aromatic rings. The molecule has 5 heterocycles. The van der Waals surface area contributed by atoms with Crippen molar-refractivity contribution in [3.63, 3.8) is 0 Å². The maximum Gasteiger partial charge on any atom is 0.154 e. The van der Waals surface area contributed by atoms with Gasteiger partial charge in [0.15, 0.2) is 5.82 Å². The van der Waals surface area contributed by atoms with E-state index in [1.54, 1.807) is 0 Å². The van der Waals surface area contributed by atoms with Gasteiger partial charge in [-0.15, -0.1) is 5.10 Å². The molecule has 8 heteroatoms. The second kappa shape index (κ2) is 10.0. The molecular weight excluding hydrogens is 412 g/mol. The van der Waals surface area contributed by atoms with E-state index in [0.29, 0.717) is 5.82 Å². The summed E-state index contributed by atoms with van der Waals surface area (Å²) in [5.74, 6) is 1.43. The number of hydrogen-bond acceptors (Lipinski definition) is 7. The Bertz CT molecular complexity index is 1210. The standard InChI is InChI=1S/C25H30N8/c1-2-6-19-13-25(31-27-15-19)30-24-8-7-22-23(29-24)14-20(16-26-22)21-17-28-33(18-21)12-5-11-32-9-3-4-10-32/h7-8,13-18H,2-6,9-12H2,1H3,(H,29,30,31). The molecule has 1 aliphatic rings. The van der Waals surface area contributed by atoms with Crippen LogP contribution < -0.4 is 5.32 Å². The molecule has 0 atom stereocenters. The molecule has 0 aliphatic carbocycles. The van der Waals surface area contributed by atoms with Crippen LogP contribution in [0.15, 0.2) is 49.1 Å². The van der Waals surface area contributed by atoms with Gasteiger partial charge in [-0.05, 0) is 75.1 Å². The van der Waals surface area contributed by atoms with E-state index in [0.717, 1.165) is 65.9 Å². The van der Waals surface area contributed by atoms with Crippen molar-refractivity contribution in [2.24, 2.45) is 0 Å². The van der Waals surface area contributed by atoms with Gasteiger partial charge in [-0.25, -0.2) is 4.98 Å². The Kier molecular flexibility index (Phi) is 6.53. The van der Waals surface area contributed by atoms with E-state index in [9.17, 15) is 0 Å². The van der Waals surface area contributed by atoms with Crippen molar-refractivity contribution in [2.45, 2.75) is 45.6 Å². The maximum absolute atomic E-state index is 4.76. The summed E-state index contributed by atoms with van der Waals surface area (Å²) in [7, 11) is 0. The van der Waals surface area contributed by atoms with Crippen LogP contribution in [0.4, 0.5) is 11.6 Å². The fraction of sp³-hybridized carbons (Fsp3) is 0.400. The lowest BCUT2D eigenvalue weighted by atomic mass is 10.1. The third kappa shape index (κ3) is 5.34. The second-order valence-corrected chi connectivity index (χ2v) is 8.68. The predicted molar refractivity (Wildman–Crippen MR) is 130 cm³/mol. The predicted octanol–water partition coefficient (Wildman–Crippen LogP) is 4.47. The van der Waals surface area contributed by atoms with E-state index >= 15 is 0 Å². The molecule has 0 amide bonds. The van der Waals surface area contributed by atoms with E-state index in [-0.39, 0.29) is 0 Å². The molecule has 0 radical (unpaired) electrons. The number of rotatable bonds is 9. The third-order valence-corrected chi connectivity index (χ3v) is 6.07. The van der Waals surface area contributed by atoms with Crippen LogP contribution in [0.3, 0.4) is 0 Å². The van der Waals surface area contributed by atoms with Crippen molar-refractivity contribution in [1.29, 1.82) is 0 Å². The topological polar surface area (TPSA) is 84.7 Å². The van der Waals surface area contributed by atoms with Crippen LogP contribution in [0.25, 0.3) is 22.2 Å². The minimum atomic E-state index is 0.701. The molecule has 8 nitrogen and oxygen atoms in total. The summed E-state index contributed by atoms with van der Waals surface area (Å²) in [5.41, 5.74) is 4.92. The van der Waals surface area contributed by atoms with Gasteiger partial charge in [0.2, 0.25) is 0 Å². The van der Waals surface area contributed by atoms with Crippen molar-refractivity contribution in [2.75, 3.05) is 25.0 Å². The normalized spacial score (nSPS) is 14.2. The number of hydrogen-bond donors (Lipinski definition) is 1. The van der Waals surface area contributed by atoms with Gasteiger partial charge in [-0.1, -0.05) is 13.3 Å². The summed E-state index contributed by atoms with van der Waals surface area (Å²) in [4.78, 5) is 11.9. The lowest BCUT2D eigenvalue weighted by molar-refractivity contribution is 0.322. The van der Waals surface area contributed by atoms with Crippen LogP contribution in [-0.4, -0.2) is 54.5 Å². The number of aryl methyl sites for hydroxylation is 2. The molecular formula is C25H30N8. The molecule has 170 valence electrons. The van der Waals surface area contributed by atoms with Gasteiger partial charge in [0, 0.05) is 30.1 Å². The van der Waals surface area contributed by atoms with E-state index < -0.39 is 0 Å². The molecule has 0 spiro atoms. The molecule has 4 aromatic heterocycles. The smallest absolute Gasteiger partial charge is 0.154 e. The first-order valence-corrected chi connectivity index (χ1v) is 11.9. The number of fused-ring (bicyclic) bond motifs is 1. The number of nitrogens with zero attached hydrogens (tertiary/aromatic N) is 7. The number of likely N-dealkylation sites (tertiary alicyclic amines) is 1. The summed E-state index contributed by atoms with van der Waals surface area (Å²) in [6, 6.07) is 7.98. The minimum Gasteiger partial charge on any atom is -0.323 e. The zero-order valence-electron chi connectivity index (χ0n) is 19.1. The highest BCUT2D eigenvalue weighted by molar-refractivity contribution is 5.81. The fourth-order valence-corrected chi connectivity index (χ4v) is 4.36. The molecule has 0 bridgehead atoms.